The van der Waals surface area contributed by atoms with Crippen molar-refractivity contribution >= 4 is 11.8 Å². The van der Waals surface area contributed by atoms with Gasteiger partial charge in [0.25, 0.3) is 0 Å². The lowest BCUT2D eigenvalue weighted by molar-refractivity contribution is -0.128. The van der Waals surface area contributed by atoms with Crippen molar-refractivity contribution in [2.45, 2.75) is 57.3 Å². The average molecular weight is 302 g/mol. The Bertz CT molecular complexity index is 534. The van der Waals surface area contributed by atoms with Crippen molar-refractivity contribution in [3.8, 4) is 0 Å². The Kier molecular flexibility index (Phi) is 5.58. The number of rotatable bonds is 6. The summed E-state index contributed by atoms with van der Waals surface area (Å²) in [6.45, 7) is 2.58. The first-order valence-corrected chi connectivity index (χ1v) is 8.19. The molecule has 4 nitrogen and oxygen atoms in total. The van der Waals surface area contributed by atoms with Crippen LogP contribution in [0.25, 0.3) is 0 Å². The number of aryl methyl sites for hydroxylation is 1. The molecule has 0 spiro atoms. The number of carbonyl (C=O) groups excluding carboxylic acids is 2. The van der Waals surface area contributed by atoms with Gasteiger partial charge in [0.15, 0.2) is 0 Å². The van der Waals surface area contributed by atoms with E-state index in [1.807, 2.05) is 12.1 Å². The summed E-state index contributed by atoms with van der Waals surface area (Å²) in [6.07, 6.45) is 6.09. The van der Waals surface area contributed by atoms with Gasteiger partial charge in [0.05, 0.1) is 5.41 Å². The lowest BCUT2D eigenvalue weighted by Gasteiger charge is -2.37. The maximum Gasteiger partial charge on any atom is 0.230 e. The van der Waals surface area contributed by atoms with E-state index in [1.165, 1.54) is 12.0 Å². The summed E-state index contributed by atoms with van der Waals surface area (Å²) < 4.78 is 0. The van der Waals surface area contributed by atoms with E-state index in [9.17, 15) is 9.59 Å². The highest BCUT2D eigenvalue weighted by Gasteiger charge is 2.41. The molecule has 0 radical (unpaired) electrons. The van der Waals surface area contributed by atoms with E-state index in [4.69, 9.17) is 5.73 Å². The number of primary amides is 1. The molecule has 120 valence electrons. The Balaban J connectivity index is 2.13. The minimum Gasteiger partial charge on any atom is -0.370 e. The normalized spacial score (nSPS) is 17.0. The molecule has 1 saturated carbocycles. The molecule has 0 aromatic heterocycles. The van der Waals surface area contributed by atoms with Crippen molar-refractivity contribution in [2.24, 2.45) is 5.73 Å². The van der Waals surface area contributed by atoms with Crippen LogP contribution in [0, 0.1) is 6.92 Å². The van der Waals surface area contributed by atoms with E-state index >= 15 is 0 Å². The third-order valence-corrected chi connectivity index (χ3v) is 4.69. The highest BCUT2D eigenvalue weighted by molar-refractivity contribution is 5.88. The fourth-order valence-electron chi connectivity index (χ4n) is 3.52. The third-order valence-electron chi connectivity index (χ3n) is 4.69. The van der Waals surface area contributed by atoms with Crippen LogP contribution in [-0.2, 0) is 15.0 Å². The molecule has 0 bridgehead atoms. The summed E-state index contributed by atoms with van der Waals surface area (Å²) in [6, 6.07) is 8.19. The second-order valence-electron chi connectivity index (χ2n) is 6.28. The van der Waals surface area contributed by atoms with Crippen LogP contribution in [-0.4, -0.2) is 18.4 Å². The smallest absolute Gasteiger partial charge is 0.230 e. The molecule has 2 amide bonds. The Morgan fingerprint density at radius 2 is 1.86 bits per heavy atom. The van der Waals surface area contributed by atoms with Crippen LogP contribution in [0.4, 0.5) is 0 Å². The Morgan fingerprint density at radius 3 is 2.50 bits per heavy atom. The second kappa shape index (κ2) is 7.43. The molecule has 4 heteroatoms. The van der Waals surface area contributed by atoms with Crippen molar-refractivity contribution in [3.05, 3.63) is 35.4 Å². The first-order valence-electron chi connectivity index (χ1n) is 8.19. The fourth-order valence-corrected chi connectivity index (χ4v) is 3.52. The topological polar surface area (TPSA) is 72.2 Å². The molecule has 0 aliphatic heterocycles. The molecule has 1 aliphatic rings. The zero-order valence-electron chi connectivity index (χ0n) is 13.4. The van der Waals surface area contributed by atoms with Crippen LogP contribution in [0.2, 0.25) is 0 Å². The predicted molar refractivity (Wildman–Crippen MR) is 87.4 cm³/mol. The number of benzene rings is 1. The summed E-state index contributed by atoms with van der Waals surface area (Å²) in [5, 5.41) is 3.03. The molecule has 2 rings (SSSR count). The molecule has 0 saturated heterocycles. The van der Waals surface area contributed by atoms with Gasteiger partial charge in [-0.25, -0.2) is 0 Å². The van der Waals surface area contributed by atoms with Crippen LogP contribution in [0.3, 0.4) is 0 Å². The number of nitrogens with one attached hydrogen (secondary N) is 1. The summed E-state index contributed by atoms with van der Waals surface area (Å²) in [7, 11) is 0. The lowest BCUT2D eigenvalue weighted by Crippen LogP contribution is -2.46. The number of nitrogens with two attached hydrogens (primary N) is 1. The van der Waals surface area contributed by atoms with Gasteiger partial charge in [0, 0.05) is 13.0 Å². The van der Waals surface area contributed by atoms with E-state index in [0.29, 0.717) is 19.4 Å². The molecule has 1 fully saturated rings. The van der Waals surface area contributed by atoms with Crippen molar-refractivity contribution in [1.29, 1.82) is 0 Å². The Hall–Kier alpha value is -1.84. The van der Waals surface area contributed by atoms with Gasteiger partial charge in [-0.1, -0.05) is 43.5 Å². The van der Waals surface area contributed by atoms with Gasteiger partial charge in [-0.15, -0.1) is 0 Å². The quantitative estimate of drug-likeness (QED) is 0.793. The van der Waals surface area contributed by atoms with E-state index in [2.05, 4.69) is 24.4 Å². The van der Waals surface area contributed by atoms with Crippen molar-refractivity contribution in [1.82, 2.24) is 5.32 Å². The fraction of sp³-hybridized carbons (Fsp3) is 0.556. The van der Waals surface area contributed by atoms with Crippen molar-refractivity contribution in [2.75, 3.05) is 6.54 Å². The minimum absolute atomic E-state index is 0.103. The van der Waals surface area contributed by atoms with E-state index in [-0.39, 0.29) is 11.8 Å². The van der Waals surface area contributed by atoms with Gasteiger partial charge < -0.3 is 11.1 Å². The van der Waals surface area contributed by atoms with Crippen LogP contribution in [0.5, 0.6) is 0 Å². The van der Waals surface area contributed by atoms with Gasteiger partial charge in [0.2, 0.25) is 11.8 Å². The molecule has 22 heavy (non-hydrogen) atoms. The largest absolute Gasteiger partial charge is 0.370 e. The Morgan fingerprint density at radius 1 is 1.18 bits per heavy atom. The molecule has 3 N–H and O–H groups in total. The monoisotopic (exact) mass is 302 g/mol. The molecule has 1 aromatic carbocycles. The molecule has 0 atom stereocenters. The van der Waals surface area contributed by atoms with Crippen LogP contribution in [0.1, 0.15) is 56.1 Å². The predicted octanol–water partition coefficient (Wildman–Crippen LogP) is 2.58. The average Bonchev–Trinajstić information content (AvgIpc) is 2.52. The zero-order valence-corrected chi connectivity index (χ0v) is 13.4. The molecule has 0 unspecified atom stereocenters. The number of amides is 2. The Labute approximate surface area is 132 Å². The third kappa shape index (κ3) is 3.67. The van der Waals surface area contributed by atoms with E-state index in [1.54, 1.807) is 0 Å². The van der Waals surface area contributed by atoms with E-state index < -0.39 is 5.41 Å². The van der Waals surface area contributed by atoms with Crippen LogP contribution >= 0.6 is 0 Å². The SMILES string of the molecule is Cc1ccccc1C1(C(=O)NCCCC(N)=O)CCCCC1. The standard InChI is InChI=1S/C18H26N2O2/c1-14-8-3-4-9-15(14)18(11-5-2-6-12-18)17(22)20-13-7-10-16(19)21/h3-4,8-9H,2,5-7,10-13H2,1H3,(H2,19,21)(H,20,22). The summed E-state index contributed by atoms with van der Waals surface area (Å²) >= 11 is 0. The first kappa shape index (κ1) is 16.5. The van der Waals surface area contributed by atoms with Gasteiger partial charge in [-0.2, -0.15) is 0 Å². The number of hydrogen-bond donors (Lipinski definition) is 2. The maximum atomic E-state index is 12.9. The summed E-state index contributed by atoms with van der Waals surface area (Å²) in [5.41, 5.74) is 7.06. The molecular formula is C18H26N2O2. The van der Waals surface area contributed by atoms with Crippen molar-refractivity contribution in [3.63, 3.8) is 0 Å². The maximum absolute atomic E-state index is 12.9. The minimum atomic E-state index is -0.406. The van der Waals surface area contributed by atoms with Gasteiger partial charge in [-0.05, 0) is 37.3 Å². The van der Waals surface area contributed by atoms with Crippen molar-refractivity contribution < 1.29 is 9.59 Å². The molecule has 1 aromatic rings. The van der Waals surface area contributed by atoms with Crippen LogP contribution < -0.4 is 11.1 Å². The number of carbonyl (C=O) groups is 2. The summed E-state index contributed by atoms with van der Waals surface area (Å²) in [4.78, 5) is 23.7. The van der Waals surface area contributed by atoms with Gasteiger partial charge in [-0.3, -0.25) is 9.59 Å². The zero-order chi connectivity index (χ0) is 16.0. The highest BCUT2D eigenvalue weighted by atomic mass is 16.2. The summed E-state index contributed by atoms with van der Waals surface area (Å²) in [5.74, 6) is -0.216. The lowest BCUT2D eigenvalue weighted by atomic mass is 9.67. The van der Waals surface area contributed by atoms with Crippen LogP contribution in [0.15, 0.2) is 24.3 Å². The molecular weight excluding hydrogens is 276 g/mol. The van der Waals surface area contributed by atoms with E-state index in [0.717, 1.165) is 31.2 Å². The highest BCUT2D eigenvalue weighted by Crippen LogP contribution is 2.41. The second-order valence-corrected chi connectivity index (χ2v) is 6.28. The molecule has 1 aliphatic carbocycles. The number of hydrogen-bond acceptors (Lipinski definition) is 2. The van der Waals surface area contributed by atoms with Gasteiger partial charge in [0.1, 0.15) is 0 Å². The van der Waals surface area contributed by atoms with Gasteiger partial charge >= 0.3 is 0 Å². The molecule has 0 heterocycles. The first-order chi connectivity index (χ1) is 10.6.